The van der Waals surface area contributed by atoms with Crippen LogP contribution in [-0.4, -0.2) is 13.0 Å². The summed E-state index contributed by atoms with van der Waals surface area (Å²) in [6.45, 7) is 6.39. The molecular weight excluding hydrogens is 254 g/mol. The largest absolute Gasteiger partial charge is 0.276 e. The highest BCUT2D eigenvalue weighted by Gasteiger charge is 2.29. The van der Waals surface area contributed by atoms with Crippen LogP contribution in [0.5, 0.6) is 0 Å². The molecule has 0 aliphatic carbocycles. The summed E-state index contributed by atoms with van der Waals surface area (Å²) in [5.74, 6) is 0. The van der Waals surface area contributed by atoms with Gasteiger partial charge in [0.1, 0.15) is 0 Å². The second-order valence-corrected chi connectivity index (χ2v) is 10.6. The highest BCUT2D eigenvalue weighted by Crippen LogP contribution is 2.29. The normalized spacial score (nSPS) is 11.3. The Morgan fingerprint density at radius 3 is 2.11 bits per heavy atom. The van der Waals surface area contributed by atoms with Gasteiger partial charge in [0.15, 0.2) is 0 Å². The highest BCUT2D eigenvalue weighted by atomic mass is 28.3. The Morgan fingerprint density at radius 2 is 1.58 bits per heavy atom. The van der Waals surface area contributed by atoms with Crippen molar-refractivity contribution in [2.45, 2.75) is 19.6 Å². The molecule has 4 heteroatoms. The zero-order chi connectivity index (χ0) is 14.0. The summed E-state index contributed by atoms with van der Waals surface area (Å²) in [6.07, 6.45) is 0. The first-order valence-corrected chi connectivity index (χ1v) is 9.74. The number of nitro benzene ring substituents is 1. The zero-order valence-corrected chi connectivity index (χ0v) is 12.4. The van der Waals surface area contributed by atoms with Crippen LogP contribution >= 0.6 is 0 Å². The van der Waals surface area contributed by atoms with E-state index in [9.17, 15) is 10.1 Å². The lowest BCUT2D eigenvalue weighted by Crippen LogP contribution is -2.39. The van der Waals surface area contributed by atoms with Crippen LogP contribution in [0.4, 0.5) is 5.69 Å². The Hall–Kier alpha value is -1.94. The van der Waals surface area contributed by atoms with Gasteiger partial charge in [-0.25, -0.2) is 0 Å². The minimum atomic E-state index is -1.75. The molecule has 2 aromatic rings. The average Bonchev–Trinajstić information content (AvgIpc) is 2.37. The smallest absolute Gasteiger partial charge is 0.258 e. The number of rotatable bonds is 3. The van der Waals surface area contributed by atoms with Crippen molar-refractivity contribution in [2.24, 2.45) is 0 Å². The Bertz CT molecular complexity index is 603. The number of hydrogen-bond donors (Lipinski definition) is 0. The van der Waals surface area contributed by atoms with Gasteiger partial charge in [-0.3, -0.25) is 10.1 Å². The molecule has 3 nitrogen and oxygen atoms in total. The van der Waals surface area contributed by atoms with Gasteiger partial charge in [-0.15, -0.1) is 0 Å². The van der Waals surface area contributed by atoms with Crippen molar-refractivity contribution in [1.82, 2.24) is 0 Å². The van der Waals surface area contributed by atoms with Crippen molar-refractivity contribution in [3.63, 3.8) is 0 Å². The van der Waals surface area contributed by atoms with E-state index in [4.69, 9.17) is 0 Å². The lowest BCUT2D eigenvalue weighted by atomic mass is 10.0. The average molecular weight is 271 g/mol. The Kier molecular flexibility index (Phi) is 3.53. The molecule has 0 fully saturated rings. The third-order valence-electron chi connectivity index (χ3n) is 3.11. The summed E-state index contributed by atoms with van der Waals surface area (Å²) in [6, 6.07) is 15.2. The molecule has 0 unspecified atom stereocenters. The van der Waals surface area contributed by atoms with E-state index in [2.05, 4.69) is 19.6 Å². The summed E-state index contributed by atoms with van der Waals surface area (Å²) in [5, 5.41) is 12.4. The first-order chi connectivity index (χ1) is 8.91. The zero-order valence-electron chi connectivity index (χ0n) is 11.4. The van der Waals surface area contributed by atoms with Crippen LogP contribution in [0, 0.1) is 10.1 Å². The standard InChI is InChI=1S/C15H17NO2Si/c1-19(2,3)14-11-7-10-13(15(14)16(17)18)12-8-5-4-6-9-12/h4-11H,1-3H3. The van der Waals surface area contributed by atoms with Gasteiger partial charge in [-0.1, -0.05) is 62.1 Å². The highest BCUT2D eigenvalue weighted by molar-refractivity contribution is 6.89. The van der Waals surface area contributed by atoms with Gasteiger partial charge in [0.2, 0.25) is 0 Å². The summed E-state index contributed by atoms with van der Waals surface area (Å²) in [7, 11) is -1.75. The molecule has 19 heavy (non-hydrogen) atoms. The molecule has 2 aromatic carbocycles. The second-order valence-electron chi connectivity index (χ2n) is 5.57. The maximum absolute atomic E-state index is 11.5. The van der Waals surface area contributed by atoms with Gasteiger partial charge >= 0.3 is 0 Å². The Morgan fingerprint density at radius 1 is 0.947 bits per heavy atom. The molecule has 0 N–H and O–H groups in total. The van der Waals surface area contributed by atoms with E-state index in [0.717, 1.165) is 10.8 Å². The molecular formula is C15H17NO2Si. The van der Waals surface area contributed by atoms with Gasteiger partial charge < -0.3 is 0 Å². The molecule has 2 rings (SSSR count). The summed E-state index contributed by atoms with van der Waals surface area (Å²) in [5.41, 5.74) is 1.88. The van der Waals surface area contributed by atoms with Crippen LogP contribution < -0.4 is 5.19 Å². The van der Waals surface area contributed by atoms with Crippen molar-refractivity contribution < 1.29 is 4.92 Å². The molecule has 0 saturated heterocycles. The molecule has 0 heterocycles. The SMILES string of the molecule is C[Si](C)(C)c1cccc(-c2ccccc2)c1[N+](=O)[O-]. The Balaban J connectivity index is 2.73. The predicted octanol–water partition coefficient (Wildman–Crippen LogP) is 3.81. The van der Waals surface area contributed by atoms with Gasteiger partial charge in [0.25, 0.3) is 5.69 Å². The molecule has 0 aliphatic rings. The number of para-hydroxylation sites is 1. The fourth-order valence-corrected chi connectivity index (χ4v) is 3.73. The van der Waals surface area contributed by atoms with Crippen molar-refractivity contribution in [2.75, 3.05) is 0 Å². The number of benzene rings is 2. The fraction of sp³-hybridized carbons (Fsp3) is 0.200. The van der Waals surface area contributed by atoms with E-state index in [1.165, 1.54) is 0 Å². The van der Waals surface area contributed by atoms with Gasteiger partial charge in [-0.05, 0) is 11.6 Å². The van der Waals surface area contributed by atoms with E-state index in [0.29, 0.717) is 5.56 Å². The minimum Gasteiger partial charge on any atom is -0.258 e. The van der Waals surface area contributed by atoms with Gasteiger partial charge in [-0.2, -0.15) is 0 Å². The van der Waals surface area contributed by atoms with E-state index in [-0.39, 0.29) is 10.6 Å². The van der Waals surface area contributed by atoms with Crippen LogP contribution in [0.15, 0.2) is 48.5 Å². The lowest BCUT2D eigenvalue weighted by molar-refractivity contribution is -0.383. The second kappa shape index (κ2) is 4.97. The van der Waals surface area contributed by atoms with Gasteiger partial charge in [0, 0.05) is 5.19 Å². The monoisotopic (exact) mass is 271 g/mol. The van der Waals surface area contributed by atoms with E-state index in [1.54, 1.807) is 0 Å². The third-order valence-corrected chi connectivity index (χ3v) is 5.13. The van der Waals surface area contributed by atoms with E-state index >= 15 is 0 Å². The van der Waals surface area contributed by atoms with E-state index in [1.807, 2.05) is 48.5 Å². The maximum atomic E-state index is 11.5. The molecule has 0 atom stereocenters. The van der Waals surface area contributed by atoms with Crippen molar-refractivity contribution in [1.29, 1.82) is 0 Å². The van der Waals surface area contributed by atoms with Crippen LogP contribution in [0.1, 0.15) is 0 Å². The molecule has 0 saturated carbocycles. The summed E-state index contributed by atoms with van der Waals surface area (Å²) >= 11 is 0. The van der Waals surface area contributed by atoms with Crippen LogP contribution in [0.2, 0.25) is 19.6 Å². The quantitative estimate of drug-likeness (QED) is 0.484. The first-order valence-electron chi connectivity index (χ1n) is 6.24. The third kappa shape index (κ3) is 2.74. The molecule has 0 aliphatic heterocycles. The molecule has 0 aromatic heterocycles. The minimum absolute atomic E-state index is 0.240. The summed E-state index contributed by atoms with van der Waals surface area (Å²) < 4.78 is 0. The molecule has 0 amide bonds. The van der Waals surface area contributed by atoms with Crippen molar-refractivity contribution in [3.8, 4) is 11.1 Å². The van der Waals surface area contributed by atoms with Crippen LogP contribution in [-0.2, 0) is 0 Å². The van der Waals surface area contributed by atoms with Crippen molar-refractivity contribution >= 4 is 18.9 Å². The molecule has 0 radical (unpaired) electrons. The molecule has 98 valence electrons. The van der Waals surface area contributed by atoms with Crippen molar-refractivity contribution in [3.05, 3.63) is 58.6 Å². The molecule has 0 spiro atoms. The predicted molar refractivity (Wildman–Crippen MR) is 81.5 cm³/mol. The fourth-order valence-electron chi connectivity index (χ4n) is 2.20. The van der Waals surface area contributed by atoms with Crippen LogP contribution in [0.25, 0.3) is 11.1 Å². The number of nitro groups is 1. The first kappa shape index (κ1) is 13.5. The topological polar surface area (TPSA) is 43.1 Å². The lowest BCUT2D eigenvalue weighted by Gasteiger charge is -2.18. The Labute approximate surface area is 114 Å². The van der Waals surface area contributed by atoms with Gasteiger partial charge in [0.05, 0.1) is 18.6 Å². The van der Waals surface area contributed by atoms with Crippen LogP contribution in [0.3, 0.4) is 0 Å². The summed E-state index contributed by atoms with van der Waals surface area (Å²) in [4.78, 5) is 11.3. The maximum Gasteiger partial charge on any atom is 0.276 e. The number of nitrogens with zero attached hydrogens (tertiary/aromatic N) is 1. The van der Waals surface area contributed by atoms with E-state index < -0.39 is 8.07 Å². The molecule has 0 bridgehead atoms. The number of hydrogen-bond acceptors (Lipinski definition) is 2.